The first kappa shape index (κ1) is 29.9. The number of fused-ring (bicyclic) bond motifs is 4. The molecule has 1 aliphatic rings. The molecule has 1 aliphatic carbocycles. The molecule has 1 heteroatoms. The van der Waals surface area contributed by atoms with Crippen molar-refractivity contribution in [1.82, 2.24) is 0 Å². The molecule has 238 valence electrons. The molecule has 50 heavy (non-hydrogen) atoms. The van der Waals surface area contributed by atoms with Gasteiger partial charge in [-0.05, 0) is 91.4 Å². The number of benzene rings is 8. The molecule has 0 heterocycles. The SMILES string of the molecule is CC1(C)c2ccccc2-c2c(-c3ccc(N(c4ccc(-c5ccc(-c6ccccc6)cc5)cc4)c4cccc5ccccc45)cc3)cccc21. The molecule has 0 fully saturated rings. The monoisotopic (exact) mass is 639 g/mol. The van der Waals surface area contributed by atoms with Gasteiger partial charge < -0.3 is 4.90 Å². The molecule has 0 aliphatic heterocycles. The lowest BCUT2D eigenvalue weighted by molar-refractivity contribution is 0.660. The average molecular weight is 640 g/mol. The Morgan fingerprint density at radius 2 is 0.840 bits per heavy atom. The summed E-state index contributed by atoms with van der Waals surface area (Å²) in [6.07, 6.45) is 0. The van der Waals surface area contributed by atoms with Crippen molar-refractivity contribution in [2.45, 2.75) is 19.3 Å². The summed E-state index contributed by atoms with van der Waals surface area (Å²) in [6.45, 7) is 4.69. The predicted molar refractivity (Wildman–Crippen MR) is 213 cm³/mol. The Hall–Kier alpha value is -6.18. The van der Waals surface area contributed by atoms with Gasteiger partial charge in [-0.2, -0.15) is 0 Å². The minimum absolute atomic E-state index is 0.0247. The second kappa shape index (κ2) is 12.1. The van der Waals surface area contributed by atoms with Crippen LogP contribution in [0.3, 0.4) is 0 Å². The Kier molecular flexibility index (Phi) is 7.21. The fourth-order valence-corrected chi connectivity index (χ4v) is 7.90. The van der Waals surface area contributed by atoms with Gasteiger partial charge in [-0.15, -0.1) is 0 Å². The predicted octanol–water partition coefficient (Wildman–Crippen LogP) is 13.6. The summed E-state index contributed by atoms with van der Waals surface area (Å²) in [5, 5.41) is 2.45. The van der Waals surface area contributed by atoms with Gasteiger partial charge in [-0.1, -0.05) is 172 Å². The number of anilines is 3. The first-order valence-electron chi connectivity index (χ1n) is 17.4. The van der Waals surface area contributed by atoms with Crippen molar-refractivity contribution in [3.63, 3.8) is 0 Å². The van der Waals surface area contributed by atoms with E-state index in [-0.39, 0.29) is 5.41 Å². The highest BCUT2D eigenvalue weighted by atomic mass is 15.1. The van der Waals surface area contributed by atoms with E-state index in [0.717, 1.165) is 17.1 Å². The molecule has 0 saturated carbocycles. The largest absolute Gasteiger partial charge is 0.310 e. The maximum absolute atomic E-state index is 2.39. The van der Waals surface area contributed by atoms with Crippen LogP contribution < -0.4 is 4.90 Å². The van der Waals surface area contributed by atoms with Crippen LogP contribution in [0.2, 0.25) is 0 Å². The van der Waals surface area contributed by atoms with Crippen LogP contribution in [-0.2, 0) is 5.41 Å². The van der Waals surface area contributed by atoms with E-state index < -0.39 is 0 Å². The Labute approximate surface area is 294 Å². The lowest BCUT2D eigenvalue weighted by Crippen LogP contribution is -2.14. The van der Waals surface area contributed by atoms with E-state index in [0.29, 0.717) is 0 Å². The second-order valence-corrected chi connectivity index (χ2v) is 13.8. The Morgan fingerprint density at radius 3 is 1.54 bits per heavy atom. The fourth-order valence-electron chi connectivity index (χ4n) is 7.90. The smallest absolute Gasteiger partial charge is 0.0540 e. The van der Waals surface area contributed by atoms with Gasteiger partial charge in [0.2, 0.25) is 0 Å². The van der Waals surface area contributed by atoms with Crippen molar-refractivity contribution in [2.24, 2.45) is 0 Å². The zero-order valence-electron chi connectivity index (χ0n) is 28.3. The summed E-state index contributed by atoms with van der Waals surface area (Å²) in [7, 11) is 0. The van der Waals surface area contributed by atoms with Crippen LogP contribution >= 0.6 is 0 Å². The van der Waals surface area contributed by atoms with Gasteiger partial charge in [-0.3, -0.25) is 0 Å². The lowest BCUT2D eigenvalue weighted by atomic mass is 9.82. The number of nitrogens with zero attached hydrogens (tertiary/aromatic N) is 1. The molecule has 0 bridgehead atoms. The van der Waals surface area contributed by atoms with Gasteiger partial charge in [0.25, 0.3) is 0 Å². The van der Waals surface area contributed by atoms with E-state index >= 15 is 0 Å². The molecular weight excluding hydrogens is 603 g/mol. The normalized spacial score (nSPS) is 12.8. The maximum Gasteiger partial charge on any atom is 0.0540 e. The Morgan fingerprint density at radius 1 is 0.360 bits per heavy atom. The Balaban J connectivity index is 1.11. The van der Waals surface area contributed by atoms with Crippen LogP contribution in [0.5, 0.6) is 0 Å². The summed E-state index contributed by atoms with van der Waals surface area (Å²) in [5.41, 5.74) is 16.3. The molecule has 0 aromatic heterocycles. The first-order chi connectivity index (χ1) is 24.6. The molecular formula is C49H37N. The molecule has 8 aromatic rings. The van der Waals surface area contributed by atoms with Crippen LogP contribution in [0.1, 0.15) is 25.0 Å². The molecule has 0 radical (unpaired) electrons. The number of rotatable bonds is 6. The topological polar surface area (TPSA) is 3.24 Å². The van der Waals surface area contributed by atoms with Crippen LogP contribution in [0.15, 0.2) is 188 Å². The third kappa shape index (κ3) is 5.02. The molecule has 8 aromatic carbocycles. The van der Waals surface area contributed by atoms with E-state index in [1.54, 1.807) is 0 Å². The van der Waals surface area contributed by atoms with Gasteiger partial charge in [0.1, 0.15) is 0 Å². The average Bonchev–Trinajstić information content (AvgIpc) is 3.42. The lowest BCUT2D eigenvalue weighted by Gasteiger charge is -2.27. The Bertz CT molecular complexity index is 2470. The minimum atomic E-state index is -0.0247. The van der Waals surface area contributed by atoms with Gasteiger partial charge >= 0.3 is 0 Å². The van der Waals surface area contributed by atoms with Gasteiger partial charge in [0.15, 0.2) is 0 Å². The van der Waals surface area contributed by atoms with E-state index in [9.17, 15) is 0 Å². The summed E-state index contributed by atoms with van der Waals surface area (Å²) >= 11 is 0. The van der Waals surface area contributed by atoms with Crippen molar-refractivity contribution < 1.29 is 0 Å². The molecule has 0 saturated heterocycles. The zero-order chi connectivity index (χ0) is 33.7. The molecule has 9 rings (SSSR count). The third-order valence-electron chi connectivity index (χ3n) is 10.5. The standard InChI is InChI=1S/C49H37N/c1-49(2)45-19-9-8-17-44(45)48-43(18-11-20-46(48)49)39-28-32-41(33-29-39)50(47-21-10-15-38-14-6-7-16-42(38)47)40-30-26-37(27-31-40)36-24-22-35(23-25-36)34-12-4-3-5-13-34/h3-33H,1-2H3. The minimum Gasteiger partial charge on any atom is -0.310 e. The summed E-state index contributed by atoms with van der Waals surface area (Å²) in [4.78, 5) is 2.39. The van der Waals surface area contributed by atoms with Crippen molar-refractivity contribution in [3.05, 3.63) is 199 Å². The molecule has 1 nitrogen and oxygen atoms in total. The number of hydrogen-bond donors (Lipinski definition) is 0. The third-order valence-corrected chi connectivity index (χ3v) is 10.5. The summed E-state index contributed by atoms with van der Waals surface area (Å²) in [5.74, 6) is 0. The maximum atomic E-state index is 2.39. The quantitative estimate of drug-likeness (QED) is 0.175. The van der Waals surface area contributed by atoms with Crippen molar-refractivity contribution >= 4 is 27.8 Å². The van der Waals surface area contributed by atoms with Crippen LogP contribution in [-0.4, -0.2) is 0 Å². The summed E-state index contributed by atoms with van der Waals surface area (Å²) in [6, 6.07) is 68.5. The van der Waals surface area contributed by atoms with Crippen molar-refractivity contribution in [2.75, 3.05) is 4.90 Å². The number of hydrogen-bond acceptors (Lipinski definition) is 1. The van der Waals surface area contributed by atoms with Gasteiger partial charge in [0, 0.05) is 22.2 Å². The highest BCUT2D eigenvalue weighted by Crippen LogP contribution is 2.52. The summed E-state index contributed by atoms with van der Waals surface area (Å²) < 4.78 is 0. The fraction of sp³-hybridized carbons (Fsp3) is 0.0612. The van der Waals surface area contributed by atoms with Gasteiger partial charge in [-0.25, -0.2) is 0 Å². The second-order valence-electron chi connectivity index (χ2n) is 13.8. The van der Waals surface area contributed by atoms with Crippen LogP contribution in [0, 0.1) is 0 Å². The highest BCUT2D eigenvalue weighted by molar-refractivity contribution is 5.99. The first-order valence-corrected chi connectivity index (χ1v) is 17.4. The van der Waals surface area contributed by atoms with Crippen molar-refractivity contribution in [1.29, 1.82) is 0 Å². The van der Waals surface area contributed by atoms with Crippen LogP contribution in [0.25, 0.3) is 55.3 Å². The van der Waals surface area contributed by atoms with Crippen molar-refractivity contribution in [3.8, 4) is 44.5 Å². The van der Waals surface area contributed by atoms with E-state index in [4.69, 9.17) is 0 Å². The molecule has 0 N–H and O–H groups in total. The highest BCUT2D eigenvalue weighted by Gasteiger charge is 2.36. The molecule has 0 atom stereocenters. The van der Waals surface area contributed by atoms with Crippen LogP contribution in [0.4, 0.5) is 17.1 Å². The molecule has 0 amide bonds. The van der Waals surface area contributed by atoms with E-state index in [1.165, 1.54) is 66.4 Å². The molecule has 0 spiro atoms. The van der Waals surface area contributed by atoms with Gasteiger partial charge in [0.05, 0.1) is 5.69 Å². The zero-order valence-corrected chi connectivity index (χ0v) is 28.3. The molecule has 0 unspecified atom stereocenters. The van der Waals surface area contributed by atoms with E-state index in [2.05, 4.69) is 207 Å². The van der Waals surface area contributed by atoms with E-state index in [1.807, 2.05) is 0 Å².